The van der Waals surface area contributed by atoms with E-state index in [9.17, 15) is 13.2 Å². The number of benzene rings is 1. The van der Waals surface area contributed by atoms with E-state index in [1.54, 1.807) is 34.0 Å². The molecule has 0 atom stereocenters. The number of rotatable bonds is 3. The van der Waals surface area contributed by atoms with Crippen LogP contribution >= 0.6 is 0 Å². The quantitative estimate of drug-likeness (QED) is 0.839. The molecule has 6 heteroatoms. The molecule has 0 aliphatic carbocycles. The summed E-state index contributed by atoms with van der Waals surface area (Å²) in [6.07, 6.45) is 0. The molecule has 0 radical (unpaired) electrons. The van der Waals surface area contributed by atoms with Crippen molar-refractivity contribution in [2.45, 2.75) is 18.7 Å². The van der Waals surface area contributed by atoms with Crippen LogP contribution in [0.1, 0.15) is 21.5 Å². The highest BCUT2D eigenvalue weighted by Gasteiger charge is 2.23. The third-order valence-electron chi connectivity index (χ3n) is 2.92. The molecule has 5 nitrogen and oxygen atoms in total. The molecule has 0 saturated heterocycles. The van der Waals surface area contributed by atoms with Crippen molar-refractivity contribution in [3.8, 4) is 0 Å². The zero-order chi connectivity index (χ0) is 15.0. The van der Waals surface area contributed by atoms with Gasteiger partial charge in [0.1, 0.15) is 0 Å². The van der Waals surface area contributed by atoms with E-state index < -0.39 is 10.0 Å². The van der Waals surface area contributed by atoms with E-state index in [1.165, 1.54) is 25.1 Å². The van der Waals surface area contributed by atoms with Crippen molar-refractivity contribution in [3.05, 3.63) is 28.8 Å². The number of amides is 1. The zero-order valence-electron chi connectivity index (χ0n) is 12.2. The van der Waals surface area contributed by atoms with Crippen molar-refractivity contribution in [2.24, 2.45) is 0 Å². The molecule has 19 heavy (non-hydrogen) atoms. The van der Waals surface area contributed by atoms with Gasteiger partial charge < -0.3 is 4.90 Å². The fourth-order valence-corrected chi connectivity index (χ4v) is 2.90. The molecule has 1 rings (SSSR count). The van der Waals surface area contributed by atoms with Crippen LogP contribution in [0, 0.1) is 13.8 Å². The fourth-order valence-electron chi connectivity index (χ4n) is 1.78. The Balaban J connectivity index is 3.54. The standard InChI is InChI=1S/C13H20N2O3S/c1-9-7-10(2)12(19(17,18)15(5)6)8-11(9)13(16)14(3)4/h7-8H,1-6H3. The molecule has 0 unspecified atom stereocenters. The average molecular weight is 284 g/mol. The number of aryl methyl sites for hydroxylation is 2. The van der Waals surface area contributed by atoms with Crippen LogP contribution < -0.4 is 0 Å². The fraction of sp³-hybridized carbons (Fsp3) is 0.462. The van der Waals surface area contributed by atoms with Crippen molar-refractivity contribution in [1.29, 1.82) is 0 Å². The minimum Gasteiger partial charge on any atom is -0.345 e. The van der Waals surface area contributed by atoms with E-state index >= 15 is 0 Å². The highest BCUT2D eigenvalue weighted by atomic mass is 32.2. The Hall–Kier alpha value is -1.40. The van der Waals surface area contributed by atoms with Crippen LogP contribution in [0.2, 0.25) is 0 Å². The second kappa shape index (κ2) is 5.30. The largest absolute Gasteiger partial charge is 0.345 e. The molecule has 0 saturated carbocycles. The van der Waals surface area contributed by atoms with Gasteiger partial charge in [0.25, 0.3) is 5.91 Å². The molecular formula is C13H20N2O3S. The topological polar surface area (TPSA) is 57.7 Å². The van der Waals surface area contributed by atoms with E-state index in [1.807, 2.05) is 0 Å². The third-order valence-corrected chi connectivity index (χ3v) is 4.87. The summed E-state index contributed by atoms with van der Waals surface area (Å²) in [7, 11) is 2.69. The lowest BCUT2D eigenvalue weighted by molar-refractivity contribution is 0.0826. The van der Waals surface area contributed by atoms with Gasteiger partial charge in [0, 0.05) is 33.8 Å². The van der Waals surface area contributed by atoms with E-state index in [0.29, 0.717) is 11.1 Å². The molecular weight excluding hydrogens is 264 g/mol. The van der Waals surface area contributed by atoms with Gasteiger partial charge in [-0.1, -0.05) is 6.07 Å². The summed E-state index contributed by atoms with van der Waals surface area (Å²) >= 11 is 0. The van der Waals surface area contributed by atoms with Gasteiger partial charge in [-0.05, 0) is 31.0 Å². The van der Waals surface area contributed by atoms with Crippen molar-refractivity contribution < 1.29 is 13.2 Å². The highest BCUT2D eigenvalue weighted by molar-refractivity contribution is 7.89. The molecule has 0 aromatic heterocycles. The van der Waals surface area contributed by atoms with Crippen LogP contribution in [0.15, 0.2) is 17.0 Å². The van der Waals surface area contributed by atoms with Gasteiger partial charge in [-0.2, -0.15) is 0 Å². The van der Waals surface area contributed by atoms with Crippen molar-refractivity contribution in [2.75, 3.05) is 28.2 Å². The lowest BCUT2D eigenvalue weighted by Crippen LogP contribution is -2.26. The van der Waals surface area contributed by atoms with E-state index in [0.717, 1.165) is 9.87 Å². The van der Waals surface area contributed by atoms with Crippen LogP contribution in [-0.2, 0) is 10.0 Å². The maximum Gasteiger partial charge on any atom is 0.253 e. The van der Waals surface area contributed by atoms with E-state index in [2.05, 4.69) is 0 Å². The van der Waals surface area contributed by atoms with Gasteiger partial charge in [-0.15, -0.1) is 0 Å². The van der Waals surface area contributed by atoms with Gasteiger partial charge in [0.05, 0.1) is 4.90 Å². The number of hydrogen-bond acceptors (Lipinski definition) is 3. The van der Waals surface area contributed by atoms with E-state index in [-0.39, 0.29) is 10.8 Å². The van der Waals surface area contributed by atoms with Crippen LogP contribution in [0.4, 0.5) is 0 Å². The first kappa shape index (κ1) is 15.7. The number of sulfonamides is 1. The Morgan fingerprint density at radius 3 is 1.95 bits per heavy atom. The summed E-state index contributed by atoms with van der Waals surface area (Å²) in [5.74, 6) is -0.201. The van der Waals surface area contributed by atoms with Gasteiger partial charge in [0.15, 0.2) is 0 Å². The summed E-state index contributed by atoms with van der Waals surface area (Å²) in [5.41, 5.74) is 1.83. The van der Waals surface area contributed by atoms with Gasteiger partial charge >= 0.3 is 0 Å². The SMILES string of the molecule is Cc1cc(C)c(S(=O)(=O)N(C)C)cc1C(=O)N(C)C. The van der Waals surface area contributed by atoms with Gasteiger partial charge in [-0.25, -0.2) is 12.7 Å². The first-order valence-corrected chi connectivity index (χ1v) is 7.28. The van der Waals surface area contributed by atoms with Crippen molar-refractivity contribution in [3.63, 3.8) is 0 Å². The minimum absolute atomic E-state index is 0.174. The summed E-state index contributed by atoms with van der Waals surface area (Å²) in [6.45, 7) is 3.53. The normalized spacial score (nSPS) is 11.7. The summed E-state index contributed by atoms with van der Waals surface area (Å²) in [4.78, 5) is 13.7. The Morgan fingerprint density at radius 1 is 1.00 bits per heavy atom. The summed E-state index contributed by atoms with van der Waals surface area (Å²) in [6, 6.07) is 3.19. The van der Waals surface area contributed by atoms with Crippen molar-refractivity contribution >= 4 is 15.9 Å². The Labute approximate surface area is 114 Å². The number of nitrogens with zero attached hydrogens (tertiary/aromatic N) is 2. The predicted molar refractivity (Wildman–Crippen MR) is 74.8 cm³/mol. The molecule has 0 N–H and O–H groups in total. The molecule has 0 fully saturated rings. The first-order valence-electron chi connectivity index (χ1n) is 5.84. The van der Waals surface area contributed by atoms with Gasteiger partial charge in [-0.3, -0.25) is 4.79 Å². The maximum absolute atomic E-state index is 12.2. The molecule has 0 bridgehead atoms. The lowest BCUT2D eigenvalue weighted by Gasteiger charge is -2.18. The third kappa shape index (κ3) is 2.96. The molecule has 1 amide bonds. The second-order valence-corrected chi connectivity index (χ2v) is 7.04. The zero-order valence-corrected chi connectivity index (χ0v) is 13.0. The monoisotopic (exact) mass is 284 g/mol. The molecule has 0 aliphatic heterocycles. The number of carbonyl (C=O) groups excluding carboxylic acids is 1. The molecule has 1 aromatic carbocycles. The molecule has 0 aliphatic rings. The molecule has 0 spiro atoms. The minimum atomic E-state index is -3.54. The molecule has 1 aromatic rings. The van der Waals surface area contributed by atoms with Crippen LogP contribution in [0.3, 0.4) is 0 Å². The number of hydrogen-bond donors (Lipinski definition) is 0. The predicted octanol–water partition coefficient (Wildman–Crippen LogP) is 1.26. The highest BCUT2D eigenvalue weighted by Crippen LogP contribution is 2.23. The number of carbonyl (C=O) groups is 1. The van der Waals surface area contributed by atoms with Crippen LogP contribution in [0.5, 0.6) is 0 Å². The van der Waals surface area contributed by atoms with Crippen LogP contribution in [0.25, 0.3) is 0 Å². The summed E-state index contributed by atoms with van der Waals surface area (Å²) < 4.78 is 25.6. The Kier molecular flexibility index (Phi) is 4.37. The Bertz CT molecular complexity index is 605. The van der Waals surface area contributed by atoms with Gasteiger partial charge in [0.2, 0.25) is 10.0 Å². The smallest absolute Gasteiger partial charge is 0.253 e. The molecule has 0 heterocycles. The Morgan fingerprint density at radius 2 is 1.53 bits per heavy atom. The van der Waals surface area contributed by atoms with Crippen LogP contribution in [-0.4, -0.2) is 51.7 Å². The van der Waals surface area contributed by atoms with E-state index in [4.69, 9.17) is 0 Å². The second-order valence-electron chi connectivity index (χ2n) is 4.92. The summed E-state index contributed by atoms with van der Waals surface area (Å²) in [5, 5.41) is 0. The first-order chi connectivity index (χ1) is 8.59. The van der Waals surface area contributed by atoms with Crippen molar-refractivity contribution in [1.82, 2.24) is 9.21 Å². The maximum atomic E-state index is 12.2. The average Bonchev–Trinajstić information content (AvgIpc) is 2.27. The molecule has 106 valence electrons. The lowest BCUT2D eigenvalue weighted by atomic mass is 10.0.